The Hall–Kier alpha value is -1.29. The average Bonchev–Trinajstić information content (AvgIpc) is 2.03. The van der Waals surface area contributed by atoms with Gasteiger partial charge in [-0.05, 0) is 6.07 Å². The third-order valence-electron chi connectivity index (χ3n) is 1.31. The van der Waals surface area contributed by atoms with Crippen molar-refractivity contribution in [3.63, 3.8) is 0 Å². The van der Waals surface area contributed by atoms with Crippen molar-refractivity contribution in [3.8, 4) is 0 Å². The largest absolute Gasteiger partial charge is 0.465 e. The highest BCUT2D eigenvalue weighted by molar-refractivity contribution is 6.29. The molecule has 0 aliphatic rings. The molecule has 1 aromatic rings. The van der Waals surface area contributed by atoms with Crippen molar-refractivity contribution in [2.75, 3.05) is 12.8 Å². The average molecular weight is 187 g/mol. The van der Waals surface area contributed by atoms with E-state index in [-0.39, 0.29) is 16.4 Å². The number of ether oxygens (including phenoxy) is 1. The number of carbonyl (C=O) groups is 1. The van der Waals surface area contributed by atoms with Crippen molar-refractivity contribution >= 4 is 23.3 Å². The van der Waals surface area contributed by atoms with Crippen molar-refractivity contribution in [2.24, 2.45) is 0 Å². The van der Waals surface area contributed by atoms with E-state index in [4.69, 9.17) is 17.3 Å². The van der Waals surface area contributed by atoms with Crippen LogP contribution in [0.5, 0.6) is 0 Å². The molecule has 1 heterocycles. The predicted octanol–water partition coefficient (Wildman–Crippen LogP) is 1.10. The number of esters is 1. The van der Waals surface area contributed by atoms with E-state index in [0.29, 0.717) is 0 Å². The second-order valence-corrected chi connectivity index (χ2v) is 2.47. The number of nitrogens with two attached hydrogens (primary N) is 1. The molecule has 12 heavy (non-hydrogen) atoms. The van der Waals surface area contributed by atoms with E-state index in [1.54, 1.807) is 0 Å². The van der Waals surface area contributed by atoms with Crippen LogP contribution >= 0.6 is 11.6 Å². The third kappa shape index (κ3) is 1.65. The first-order valence-corrected chi connectivity index (χ1v) is 3.52. The fraction of sp³-hybridized carbons (Fsp3) is 0.143. The third-order valence-corrected chi connectivity index (χ3v) is 1.51. The smallest absolute Gasteiger partial charge is 0.341 e. The van der Waals surface area contributed by atoms with Crippen LogP contribution in [-0.2, 0) is 4.74 Å². The molecule has 0 radical (unpaired) electrons. The highest BCUT2D eigenvalue weighted by Gasteiger charge is 2.09. The molecule has 0 atom stereocenters. The molecule has 0 aromatic carbocycles. The Kier molecular flexibility index (Phi) is 2.50. The molecular formula is C7H7ClN2O2. The minimum atomic E-state index is -0.517. The molecule has 2 N–H and O–H groups in total. The molecule has 5 heteroatoms. The van der Waals surface area contributed by atoms with E-state index in [1.165, 1.54) is 19.4 Å². The van der Waals surface area contributed by atoms with Crippen LogP contribution in [0, 0.1) is 0 Å². The molecule has 0 fully saturated rings. The monoisotopic (exact) mass is 186 g/mol. The SMILES string of the molecule is COC(=O)c1cnc(Cl)cc1N. The van der Waals surface area contributed by atoms with E-state index in [2.05, 4.69) is 9.72 Å². The Morgan fingerprint density at radius 3 is 2.92 bits per heavy atom. The summed E-state index contributed by atoms with van der Waals surface area (Å²) in [7, 11) is 1.27. The number of nitrogen functional groups attached to an aromatic ring is 1. The number of anilines is 1. The summed E-state index contributed by atoms with van der Waals surface area (Å²) in [4.78, 5) is 14.7. The van der Waals surface area contributed by atoms with E-state index >= 15 is 0 Å². The van der Waals surface area contributed by atoms with Crippen molar-refractivity contribution in [3.05, 3.63) is 23.0 Å². The van der Waals surface area contributed by atoms with Crippen LogP contribution in [-0.4, -0.2) is 18.1 Å². The normalized spacial score (nSPS) is 9.50. The first kappa shape index (κ1) is 8.80. The van der Waals surface area contributed by atoms with Crippen LogP contribution in [0.4, 0.5) is 5.69 Å². The van der Waals surface area contributed by atoms with Gasteiger partial charge in [-0.2, -0.15) is 0 Å². The van der Waals surface area contributed by atoms with Gasteiger partial charge in [-0.15, -0.1) is 0 Å². The first-order valence-electron chi connectivity index (χ1n) is 3.14. The molecule has 1 aromatic heterocycles. The van der Waals surface area contributed by atoms with Gasteiger partial charge in [-0.3, -0.25) is 0 Å². The highest BCUT2D eigenvalue weighted by atomic mass is 35.5. The second kappa shape index (κ2) is 3.40. The van der Waals surface area contributed by atoms with Crippen LogP contribution in [0.2, 0.25) is 5.15 Å². The van der Waals surface area contributed by atoms with Gasteiger partial charge in [0.05, 0.1) is 12.8 Å². The number of nitrogens with zero attached hydrogens (tertiary/aromatic N) is 1. The lowest BCUT2D eigenvalue weighted by Gasteiger charge is -2.01. The number of pyridine rings is 1. The van der Waals surface area contributed by atoms with Gasteiger partial charge in [0.15, 0.2) is 0 Å². The van der Waals surface area contributed by atoms with E-state index in [1.807, 2.05) is 0 Å². The summed E-state index contributed by atoms with van der Waals surface area (Å²) in [6, 6.07) is 1.40. The fourth-order valence-corrected chi connectivity index (χ4v) is 0.891. The topological polar surface area (TPSA) is 65.2 Å². The Morgan fingerprint density at radius 2 is 2.42 bits per heavy atom. The van der Waals surface area contributed by atoms with Gasteiger partial charge in [-0.25, -0.2) is 9.78 Å². The van der Waals surface area contributed by atoms with Crippen LogP contribution in [0.3, 0.4) is 0 Å². The van der Waals surface area contributed by atoms with Gasteiger partial charge in [0, 0.05) is 6.20 Å². The lowest BCUT2D eigenvalue weighted by atomic mass is 10.2. The Bertz CT molecular complexity index is 314. The van der Waals surface area contributed by atoms with E-state index in [9.17, 15) is 4.79 Å². The summed E-state index contributed by atoms with van der Waals surface area (Å²) in [5.74, 6) is -0.517. The number of carbonyl (C=O) groups excluding carboxylic acids is 1. The Morgan fingerprint density at radius 1 is 1.75 bits per heavy atom. The molecule has 0 spiro atoms. The minimum Gasteiger partial charge on any atom is -0.465 e. The summed E-state index contributed by atoms with van der Waals surface area (Å²) in [5.41, 5.74) is 5.96. The molecule has 0 unspecified atom stereocenters. The minimum absolute atomic E-state index is 0.224. The van der Waals surface area contributed by atoms with E-state index < -0.39 is 5.97 Å². The lowest BCUT2D eigenvalue weighted by Crippen LogP contribution is -2.05. The predicted molar refractivity (Wildman–Crippen MR) is 45.0 cm³/mol. The molecule has 0 amide bonds. The van der Waals surface area contributed by atoms with E-state index in [0.717, 1.165) is 0 Å². The maximum atomic E-state index is 11.0. The molecule has 4 nitrogen and oxygen atoms in total. The summed E-state index contributed by atoms with van der Waals surface area (Å²) in [6.07, 6.45) is 1.28. The van der Waals surface area contributed by atoms with Gasteiger partial charge in [0.1, 0.15) is 10.7 Å². The van der Waals surface area contributed by atoms with Gasteiger partial charge >= 0.3 is 5.97 Å². The van der Waals surface area contributed by atoms with Crippen molar-refractivity contribution in [1.82, 2.24) is 4.98 Å². The van der Waals surface area contributed by atoms with Crippen molar-refractivity contribution < 1.29 is 9.53 Å². The second-order valence-electron chi connectivity index (χ2n) is 2.09. The first-order chi connectivity index (χ1) is 5.65. The summed E-state index contributed by atoms with van der Waals surface area (Å²) in [5, 5.41) is 0.250. The van der Waals surface area contributed by atoms with Crippen LogP contribution in [0.25, 0.3) is 0 Å². The number of hydrogen-bond donors (Lipinski definition) is 1. The number of halogens is 1. The summed E-state index contributed by atoms with van der Waals surface area (Å²) < 4.78 is 4.45. The van der Waals surface area contributed by atoms with Crippen molar-refractivity contribution in [1.29, 1.82) is 0 Å². The number of rotatable bonds is 1. The molecule has 0 saturated carbocycles. The molecule has 1 rings (SSSR count). The van der Waals surface area contributed by atoms with Crippen LogP contribution < -0.4 is 5.73 Å². The van der Waals surface area contributed by atoms with Gasteiger partial charge in [0.25, 0.3) is 0 Å². The zero-order valence-corrected chi connectivity index (χ0v) is 7.13. The van der Waals surface area contributed by atoms with Crippen LogP contribution in [0.15, 0.2) is 12.3 Å². The number of aromatic nitrogens is 1. The van der Waals surface area contributed by atoms with Gasteiger partial charge in [0.2, 0.25) is 0 Å². The quantitative estimate of drug-likeness (QED) is 0.527. The maximum absolute atomic E-state index is 11.0. The highest BCUT2D eigenvalue weighted by Crippen LogP contribution is 2.15. The molecular weight excluding hydrogens is 180 g/mol. The maximum Gasteiger partial charge on any atom is 0.341 e. The molecule has 0 aliphatic carbocycles. The molecule has 0 saturated heterocycles. The standard InChI is InChI=1S/C7H7ClN2O2/c1-12-7(11)4-3-10-6(8)2-5(4)9/h2-3H,1H3,(H2,9,10). The van der Waals surface area contributed by atoms with Gasteiger partial charge in [-0.1, -0.05) is 11.6 Å². The summed E-state index contributed by atoms with van der Waals surface area (Å²) in [6.45, 7) is 0. The van der Waals surface area contributed by atoms with Crippen LogP contribution in [0.1, 0.15) is 10.4 Å². The number of methoxy groups -OCH3 is 1. The summed E-state index contributed by atoms with van der Waals surface area (Å²) >= 11 is 5.52. The zero-order valence-electron chi connectivity index (χ0n) is 6.37. The van der Waals surface area contributed by atoms with Gasteiger partial charge < -0.3 is 10.5 Å². The lowest BCUT2D eigenvalue weighted by molar-refractivity contribution is 0.0601. The van der Waals surface area contributed by atoms with Crippen molar-refractivity contribution in [2.45, 2.75) is 0 Å². The fourth-order valence-electron chi connectivity index (χ4n) is 0.725. The molecule has 0 aliphatic heterocycles. The molecule has 64 valence electrons. The molecule has 0 bridgehead atoms. The Labute approximate surface area is 74.3 Å². The number of hydrogen-bond acceptors (Lipinski definition) is 4. The Balaban J connectivity index is 3.09. The zero-order chi connectivity index (χ0) is 9.14.